The second-order valence-electron chi connectivity index (χ2n) is 6.98. The molecular formula is C20H25ClFN3O2S. The Labute approximate surface area is 171 Å². The number of benzene rings is 2. The lowest BCUT2D eigenvalue weighted by atomic mass is 10.2. The van der Waals surface area contributed by atoms with E-state index in [9.17, 15) is 12.8 Å². The van der Waals surface area contributed by atoms with Gasteiger partial charge in [-0.05, 0) is 30.7 Å². The summed E-state index contributed by atoms with van der Waals surface area (Å²) < 4.78 is 42.7. The Morgan fingerprint density at radius 3 is 2.50 bits per heavy atom. The maximum Gasteiger partial charge on any atom is 0.282 e. The monoisotopic (exact) mass is 425 g/mol. The van der Waals surface area contributed by atoms with Gasteiger partial charge in [0.25, 0.3) is 10.2 Å². The van der Waals surface area contributed by atoms with Gasteiger partial charge >= 0.3 is 0 Å². The van der Waals surface area contributed by atoms with Crippen LogP contribution in [-0.4, -0.2) is 55.2 Å². The molecule has 2 aromatic rings. The Morgan fingerprint density at radius 1 is 1.04 bits per heavy atom. The van der Waals surface area contributed by atoms with Gasteiger partial charge in [0.05, 0.1) is 0 Å². The van der Waals surface area contributed by atoms with Crippen LogP contribution in [0.2, 0.25) is 5.02 Å². The minimum absolute atomic E-state index is 0.0991. The van der Waals surface area contributed by atoms with Crippen LogP contribution in [0.5, 0.6) is 0 Å². The van der Waals surface area contributed by atoms with Crippen LogP contribution in [0.3, 0.4) is 0 Å². The molecule has 5 nitrogen and oxygen atoms in total. The molecule has 0 bridgehead atoms. The van der Waals surface area contributed by atoms with Gasteiger partial charge in [-0.25, -0.2) is 4.39 Å². The van der Waals surface area contributed by atoms with Gasteiger partial charge in [0.2, 0.25) is 0 Å². The zero-order valence-corrected chi connectivity index (χ0v) is 17.5. The first-order chi connectivity index (χ1) is 13.4. The van der Waals surface area contributed by atoms with E-state index in [1.165, 1.54) is 33.4 Å². The van der Waals surface area contributed by atoms with Gasteiger partial charge in [0.1, 0.15) is 5.82 Å². The number of rotatable bonds is 6. The van der Waals surface area contributed by atoms with Crippen molar-refractivity contribution >= 4 is 21.8 Å². The molecule has 1 aliphatic rings. The van der Waals surface area contributed by atoms with Crippen LogP contribution in [0.1, 0.15) is 17.5 Å². The first-order valence-electron chi connectivity index (χ1n) is 9.28. The minimum atomic E-state index is -3.70. The third-order valence-electron chi connectivity index (χ3n) is 4.96. The quantitative estimate of drug-likeness (QED) is 0.712. The van der Waals surface area contributed by atoms with E-state index in [0.717, 1.165) is 19.5 Å². The molecule has 0 unspecified atom stereocenters. The highest BCUT2D eigenvalue weighted by Crippen LogP contribution is 2.22. The van der Waals surface area contributed by atoms with Crippen LogP contribution < -0.4 is 0 Å². The summed E-state index contributed by atoms with van der Waals surface area (Å²) in [7, 11) is -2.24. The average Bonchev–Trinajstić information content (AvgIpc) is 2.91. The van der Waals surface area contributed by atoms with Gasteiger partial charge < -0.3 is 0 Å². The van der Waals surface area contributed by atoms with Gasteiger partial charge in [-0.2, -0.15) is 17.0 Å². The third kappa shape index (κ3) is 5.10. The molecule has 0 aliphatic carbocycles. The van der Waals surface area contributed by atoms with Gasteiger partial charge in [0, 0.05) is 50.4 Å². The van der Waals surface area contributed by atoms with Crippen molar-refractivity contribution in [3.63, 3.8) is 0 Å². The standard InChI is InChI=1S/C20H25ClFN3O2S/c1-23(16-18-19(21)9-5-10-20(18)22)28(26,27)25-12-6-11-24(13-14-25)15-17-7-3-2-4-8-17/h2-5,7-10H,6,11-16H2,1H3. The maximum atomic E-state index is 14.0. The molecule has 0 radical (unpaired) electrons. The predicted molar refractivity (Wildman–Crippen MR) is 110 cm³/mol. The highest BCUT2D eigenvalue weighted by Gasteiger charge is 2.29. The molecule has 0 amide bonds. The molecule has 0 spiro atoms. The second kappa shape index (κ2) is 9.33. The normalized spacial score (nSPS) is 17.0. The van der Waals surface area contributed by atoms with Crippen LogP contribution in [0, 0.1) is 5.82 Å². The molecule has 0 saturated carbocycles. The first-order valence-corrected chi connectivity index (χ1v) is 11.1. The molecule has 1 fully saturated rings. The lowest BCUT2D eigenvalue weighted by Crippen LogP contribution is -2.43. The summed E-state index contributed by atoms with van der Waals surface area (Å²) in [5.41, 5.74) is 1.40. The summed E-state index contributed by atoms with van der Waals surface area (Å²) in [6, 6.07) is 14.5. The van der Waals surface area contributed by atoms with E-state index < -0.39 is 16.0 Å². The van der Waals surface area contributed by atoms with E-state index in [4.69, 9.17) is 11.6 Å². The van der Waals surface area contributed by atoms with Gasteiger partial charge in [-0.15, -0.1) is 0 Å². The average molecular weight is 426 g/mol. The zero-order valence-electron chi connectivity index (χ0n) is 15.9. The molecular weight excluding hydrogens is 401 g/mol. The van der Waals surface area contributed by atoms with Crippen molar-refractivity contribution in [1.82, 2.24) is 13.5 Å². The summed E-state index contributed by atoms with van der Waals surface area (Å²) in [5, 5.41) is 0.229. The maximum absolute atomic E-state index is 14.0. The molecule has 0 atom stereocenters. The van der Waals surface area contributed by atoms with E-state index in [1.807, 2.05) is 18.2 Å². The summed E-state index contributed by atoms with van der Waals surface area (Å²) in [5.74, 6) is -0.501. The van der Waals surface area contributed by atoms with Gasteiger partial charge in [0.15, 0.2) is 0 Å². The molecule has 1 heterocycles. The lowest BCUT2D eigenvalue weighted by Gasteiger charge is -2.27. The third-order valence-corrected chi connectivity index (χ3v) is 7.25. The Balaban J connectivity index is 1.65. The number of hydrogen-bond donors (Lipinski definition) is 0. The molecule has 8 heteroatoms. The Bertz CT molecular complexity index is 875. The Hall–Kier alpha value is -1.51. The molecule has 1 aliphatic heterocycles. The summed E-state index contributed by atoms with van der Waals surface area (Å²) in [6.45, 7) is 3.05. The predicted octanol–water partition coefficient (Wildman–Crippen LogP) is 3.36. The summed E-state index contributed by atoms with van der Waals surface area (Å²) in [4.78, 5) is 2.26. The van der Waals surface area contributed by atoms with Crippen LogP contribution in [0.15, 0.2) is 48.5 Å². The van der Waals surface area contributed by atoms with Gasteiger partial charge in [-0.1, -0.05) is 48.0 Å². The fraction of sp³-hybridized carbons (Fsp3) is 0.400. The topological polar surface area (TPSA) is 43.9 Å². The van der Waals surface area contributed by atoms with Crippen molar-refractivity contribution in [2.75, 3.05) is 33.2 Å². The van der Waals surface area contributed by atoms with Crippen molar-refractivity contribution in [3.05, 3.63) is 70.5 Å². The molecule has 1 saturated heterocycles. The Morgan fingerprint density at radius 2 is 1.79 bits per heavy atom. The number of hydrogen-bond acceptors (Lipinski definition) is 3. The number of nitrogens with zero attached hydrogens (tertiary/aromatic N) is 3. The Kier molecular flexibility index (Phi) is 7.06. The van der Waals surface area contributed by atoms with Crippen molar-refractivity contribution in [1.29, 1.82) is 0 Å². The van der Waals surface area contributed by atoms with Crippen molar-refractivity contribution in [2.45, 2.75) is 19.5 Å². The van der Waals surface area contributed by atoms with E-state index in [2.05, 4.69) is 17.0 Å². The second-order valence-corrected chi connectivity index (χ2v) is 9.42. The number of halogens is 2. The summed E-state index contributed by atoms with van der Waals surface area (Å²) in [6.07, 6.45) is 0.750. The van der Waals surface area contributed by atoms with Crippen molar-refractivity contribution in [2.24, 2.45) is 0 Å². The van der Waals surface area contributed by atoms with Crippen molar-refractivity contribution in [3.8, 4) is 0 Å². The van der Waals surface area contributed by atoms with Crippen LogP contribution in [-0.2, 0) is 23.3 Å². The SMILES string of the molecule is CN(Cc1c(F)cccc1Cl)S(=O)(=O)N1CCCN(Cc2ccccc2)CC1. The van der Waals surface area contributed by atoms with Crippen molar-refractivity contribution < 1.29 is 12.8 Å². The smallest absolute Gasteiger partial charge is 0.282 e. The highest BCUT2D eigenvalue weighted by atomic mass is 35.5. The largest absolute Gasteiger partial charge is 0.298 e. The fourth-order valence-corrected chi connectivity index (χ4v) is 4.94. The molecule has 28 heavy (non-hydrogen) atoms. The van der Waals surface area contributed by atoms with E-state index in [0.29, 0.717) is 19.6 Å². The molecule has 0 aromatic heterocycles. The minimum Gasteiger partial charge on any atom is -0.298 e. The van der Waals surface area contributed by atoms with E-state index in [-0.39, 0.29) is 17.1 Å². The fourth-order valence-electron chi connectivity index (χ4n) is 3.36. The molecule has 152 valence electrons. The van der Waals surface area contributed by atoms with E-state index in [1.54, 1.807) is 6.07 Å². The van der Waals surface area contributed by atoms with E-state index >= 15 is 0 Å². The lowest BCUT2D eigenvalue weighted by molar-refractivity contribution is 0.276. The molecule has 0 N–H and O–H groups in total. The highest BCUT2D eigenvalue weighted by molar-refractivity contribution is 7.86. The van der Waals surface area contributed by atoms with Gasteiger partial charge in [-0.3, -0.25) is 4.90 Å². The molecule has 3 rings (SSSR count). The van der Waals surface area contributed by atoms with Crippen LogP contribution in [0.4, 0.5) is 4.39 Å². The zero-order chi connectivity index (χ0) is 20.1. The first kappa shape index (κ1) is 21.2. The molecule has 2 aromatic carbocycles. The van der Waals surface area contributed by atoms with Crippen LogP contribution >= 0.6 is 11.6 Å². The summed E-state index contributed by atoms with van der Waals surface area (Å²) >= 11 is 6.05. The van der Waals surface area contributed by atoms with Crippen LogP contribution in [0.25, 0.3) is 0 Å².